The lowest BCUT2D eigenvalue weighted by Crippen LogP contribution is -1.93. The van der Waals surface area contributed by atoms with E-state index in [1.165, 1.54) is 5.56 Å². The monoisotopic (exact) mass is 284 g/mol. The van der Waals surface area contributed by atoms with Crippen LogP contribution in [0.15, 0.2) is 47.1 Å². The van der Waals surface area contributed by atoms with Crippen LogP contribution in [0.1, 0.15) is 16.2 Å². The van der Waals surface area contributed by atoms with Gasteiger partial charge in [0.1, 0.15) is 5.76 Å². The molecule has 1 aromatic carbocycles. The van der Waals surface area contributed by atoms with E-state index in [0.717, 1.165) is 17.2 Å². The van der Waals surface area contributed by atoms with Crippen LogP contribution in [-0.4, -0.2) is 0 Å². The Morgan fingerprint density at radius 3 is 2.80 bits per heavy atom. The second kappa shape index (κ2) is 4.86. The van der Waals surface area contributed by atoms with E-state index in [1.54, 1.807) is 6.26 Å². The Labute approximate surface area is 102 Å². The van der Waals surface area contributed by atoms with Gasteiger partial charge in [0.15, 0.2) is 0 Å². The summed E-state index contributed by atoms with van der Waals surface area (Å²) in [7, 11) is 0. The molecule has 0 N–H and O–H groups in total. The Kier molecular flexibility index (Phi) is 3.49. The van der Waals surface area contributed by atoms with Gasteiger partial charge in [-0.15, -0.1) is 0 Å². The summed E-state index contributed by atoms with van der Waals surface area (Å²) in [5.74, 6) is 0.940. The van der Waals surface area contributed by atoms with Crippen molar-refractivity contribution in [2.45, 2.75) is 11.2 Å². The SMILES string of the molecule is Clc1cccc(CC(Br)c2ccco2)c1. The Morgan fingerprint density at radius 2 is 2.13 bits per heavy atom. The normalized spacial score (nSPS) is 12.7. The van der Waals surface area contributed by atoms with Crippen molar-refractivity contribution in [2.24, 2.45) is 0 Å². The Morgan fingerprint density at radius 1 is 1.27 bits per heavy atom. The first-order valence-electron chi connectivity index (χ1n) is 4.67. The van der Waals surface area contributed by atoms with E-state index in [2.05, 4.69) is 22.0 Å². The van der Waals surface area contributed by atoms with Crippen LogP contribution in [0, 0.1) is 0 Å². The second-order valence-electron chi connectivity index (χ2n) is 3.32. The first kappa shape index (κ1) is 10.8. The van der Waals surface area contributed by atoms with Crippen molar-refractivity contribution in [3.63, 3.8) is 0 Å². The highest BCUT2D eigenvalue weighted by molar-refractivity contribution is 9.09. The fourth-order valence-electron chi connectivity index (χ4n) is 1.44. The average Bonchev–Trinajstić information content (AvgIpc) is 2.70. The highest BCUT2D eigenvalue weighted by Gasteiger charge is 2.10. The zero-order valence-corrected chi connectivity index (χ0v) is 10.3. The molecule has 1 unspecified atom stereocenters. The summed E-state index contributed by atoms with van der Waals surface area (Å²) in [5.41, 5.74) is 1.20. The number of rotatable bonds is 3. The lowest BCUT2D eigenvalue weighted by Gasteiger charge is -2.06. The molecule has 0 fully saturated rings. The zero-order chi connectivity index (χ0) is 10.7. The molecule has 0 saturated carbocycles. The molecule has 1 nitrogen and oxygen atoms in total. The van der Waals surface area contributed by atoms with Crippen LogP contribution in [0.5, 0.6) is 0 Å². The molecule has 0 radical (unpaired) electrons. The number of hydrogen-bond donors (Lipinski definition) is 0. The molecule has 1 atom stereocenters. The van der Waals surface area contributed by atoms with Crippen LogP contribution in [0.2, 0.25) is 5.02 Å². The van der Waals surface area contributed by atoms with Gasteiger partial charge in [-0.3, -0.25) is 0 Å². The molecule has 2 rings (SSSR count). The second-order valence-corrected chi connectivity index (χ2v) is 4.86. The Balaban J connectivity index is 2.09. The van der Waals surface area contributed by atoms with Gasteiger partial charge >= 0.3 is 0 Å². The molecule has 1 heterocycles. The van der Waals surface area contributed by atoms with E-state index < -0.39 is 0 Å². The smallest absolute Gasteiger partial charge is 0.117 e. The van der Waals surface area contributed by atoms with Gasteiger partial charge in [0, 0.05) is 5.02 Å². The average molecular weight is 286 g/mol. The maximum atomic E-state index is 5.91. The van der Waals surface area contributed by atoms with Gasteiger partial charge in [-0.2, -0.15) is 0 Å². The van der Waals surface area contributed by atoms with Crippen molar-refractivity contribution in [1.29, 1.82) is 0 Å². The minimum absolute atomic E-state index is 0.200. The molecule has 0 aliphatic carbocycles. The number of furan rings is 1. The molecule has 0 aliphatic rings. The minimum Gasteiger partial charge on any atom is -0.468 e. The van der Waals surface area contributed by atoms with Gasteiger partial charge in [-0.1, -0.05) is 39.7 Å². The summed E-state index contributed by atoms with van der Waals surface area (Å²) < 4.78 is 5.32. The van der Waals surface area contributed by atoms with Gasteiger partial charge in [0.25, 0.3) is 0 Å². The van der Waals surface area contributed by atoms with Gasteiger partial charge in [-0.25, -0.2) is 0 Å². The molecule has 0 amide bonds. The zero-order valence-electron chi connectivity index (χ0n) is 7.99. The Hall–Kier alpha value is -0.730. The number of hydrogen-bond acceptors (Lipinski definition) is 1. The van der Waals surface area contributed by atoms with Crippen molar-refractivity contribution in [3.05, 3.63) is 59.0 Å². The molecule has 0 aliphatic heterocycles. The molecular weight excluding hydrogens is 275 g/mol. The fraction of sp³-hybridized carbons (Fsp3) is 0.167. The van der Waals surface area contributed by atoms with Gasteiger partial charge in [0.2, 0.25) is 0 Å². The summed E-state index contributed by atoms with van der Waals surface area (Å²) in [6.45, 7) is 0. The van der Waals surface area contributed by atoms with Crippen LogP contribution >= 0.6 is 27.5 Å². The third-order valence-electron chi connectivity index (χ3n) is 2.16. The molecule has 78 valence electrons. The van der Waals surface area contributed by atoms with Crippen LogP contribution in [0.3, 0.4) is 0 Å². The van der Waals surface area contributed by atoms with Gasteiger partial charge < -0.3 is 4.42 Å². The third kappa shape index (κ3) is 2.86. The quantitative estimate of drug-likeness (QED) is 0.751. The molecule has 0 bridgehead atoms. The van der Waals surface area contributed by atoms with E-state index in [-0.39, 0.29) is 4.83 Å². The number of alkyl halides is 1. The van der Waals surface area contributed by atoms with Crippen LogP contribution < -0.4 is 0 Å². The van der Waals surface area contributed by atoms with Crippen molar-refractivity contribution < 1.29 is 4.42 Å². The van der Waals surface area contributed by atoms with Crippen LogP contribution in [0.4, 0.5) is 0 Å². The molecular formula is C12H10BrClO. The maximum Gasteiger partial charge on any atom is 0.117 e. The van der Waals surface area contributed by atoms with E-state index in [4.69, 9.17) is 16.0 Å². The predicted molar refractivity (Wildman–Crippen MR) is 65.5 cm³/mol. The molecule has 3 heteroatoms. The number of benzene rings is 1. The van der Waals surface area contributed by atoms with E-state index >= 15 is 0 Å². The van der Waals surface area contributed by atoms with E-state index in [9.17, 15) is 0 Å². The van der Waals surface area contributed by atoms with Crippen LogP contribution in [-0.2, 0) is 6.42 Å². The van der Waals surface area contributed by atoms with Crippen molar-refractivity contribution >= 4 is 27.5 Å². The predicted octanol–water partition coefficient (Wildman–Crippen LogP) is 4.61. The van der Waals surface area contributed by atoms with Gasteiger partial charge in [0.05, 0.1) is 11.1 Å². The lowest BCUT2D eigenvalue weighted by molar-refractivity contribution is 0.507. The fourth-order valence-corrected chi connectivity index (χ4v) is 2.29. The summed E-state index contributed by atoms with van der Waals surface area (Å²) in [6, 6.07) is 11.7. The van der Waals surface area contributed by atoms with Crippen molar-refractivity contribution in [1.82, 2.24) is 0 Å². The molecule has 0 saturated heterocycles. The highest BCUT2D eigenvalue weighted by atomic mass is 79.9. The third-order valence-corrected chi connectivity index (χ3v) is 3.17. The standard InChI is InChI=1S/C12H10BrClO/c13-11(12-5-2-6-15-12)8-9-3-1-4-10(14)7-9/h1-7,11H,8H2. The topological polar surface area (TPSA) is 13.1 Å². The summed E-state index contributed by atoms with van der Waals surface area (Å²) in [5, 5.41) is 0.770. The van der Waals surface area contributed by atoms with Crippen molar-refractivity contribution in [3.8, 4) is 0 Å². The van der Waals surface area contributed by atoms with Gasteiger partial charge in [-0.05, 0) is 36.2 Å². The summed E-state index contributed by atoms with van der Waals surface area (Å²) >= 11 is 9.50. The highest BCUT2D eigenvalue weighted by Crippen LogP contribution is 2.27. The molecule has 0 spiro atoms. The molecule has 15 heavy (non-hydrogen) atoms. The first-order valence-corrected chi connectivity index (χ1v) is 5.97. The molecule has 1 aromatic heterocycles. The van der Waals surface area contributed by atoms with E-state index in [1.807, 2.05) is 30.3 Å². The van der Waals surface area contributed by atoms with Crippen LogP contribution in [0.25, 0.3) is 0 Å². The largest absolute Gasteiger partial charge is 0.468 e. The molecule has 2 aromatic rings. The Bertz CT molecular complexity index is 425. The summed E-state index contributed by atoms with van der Waals surface area (Å²) in [4.78, 5) is 0.200. The van der Waals surface area contributed by atoms with Crippen molar-refractivity contribution in [2.75, 3.05) is 0 Å². The minimum atomic E-state index is 0.200. The van der Waals surface area contributed by atoms with E-state index in [0.29, 0.717) is 0 Å². The maximum absolute atomic E-state index is 5.91. The lowest BCUT2D eigenvalue weighted by atomic mass is 10.1. The number of halogens is 2. The first-order chi connectivity index (χ1) is 7.25. The summed E-state index contributed by atoms with van der Waals surface area (Å²) in [6.07, 6.45) is 2.55.